The number of nitrogens with zero attached hydrogens (tertiary/aromatic N) is 1. The monoisotopic (exact) mass is 713 g/mol. The summed E-state index contributed by atoms with van der Waals surface area (Å²) in [7, 11) is 0. The van der Waals surface area contributed by atoms with Crippen molar-refractivity contribution in [1.29, 1.82) is 0 Å². The van der Waals surface area contributed by atoms with Gasteiger partial charge in [0.2, 0.25) is 0 Å². The summed E-state index contributed by atoms with van der Waals surface area (Å²) >= 11 is 12.4. The van der Waals surface area contributed by atoms with Gasteiger partial charge in [-0.3, -0.25) is 9.69 Å². The van der Waals surface area contributed by atoms with E-state index in [9.17, 15) is 9.59 Å². The maximum absolute atomic E-state index is 13.6. The molecule has 0 fully saturated rings. The smallest absolute Gasteiger partial charge is 0.416 e. The molecule has 0 radical (unpaired) electrons. The molecule has 0 bridgehead atoms. The van der Waals surface area contributed by atoms with Crippen LogP contribution in [0.4, 0.5) is 4.79 Å². The normalized spacial score (nSPS) is 16.4. The van der Waals surface area contributed by atoms with Gasteiger partial charge in [-0.15, -0.1) is 0 Å². The first kappa shape index (κ1) is 35.3. The summed E-state index contributed by atoms with van der Waals surface area (Å²) in [5.41, 5.74) is 5.77. The Bertz CT molecular complexity index is 1930. The highest BCUT2D eigenvalue weighted by atomic mass is 35.5. The first-order valence-electron chi connectivity index (χ1n) is 16.9. The number of carbonyl (C=O) groups excluding carboxylic acids is 2. The Balaban J connectivity index is 1.14. The van der Waals surface area contributed by atoms with Crippen molar-refractivity contribution in [3.05, 3.63) is 129 Å². The largest absolute Gasteiger partial charge is 0.493 e. The summed E-state index contributed by atoms with van der Waals surface area (Å²) in [6.07, 6.45) is 9.00. The molecule has 2 amide bonds. The number of aromatic nitrogens is 1. The zero-order valence-corrected chi connectivity index (χ0v) is 29.9. The fraction of sp³-hybridized carbons (Fsp3) is 0.300. The molecule has 6 rings (SSSR count). The minimum atomic E-state index is -0.457. The number of benzene rings is 3. The Hall–Kier alpha value is -4.50. The van der Waals surface area contributed by atoms with Crippen LogP contribution in [0.3, 0.4) is 0 Å². The molecule has 2 unspecified atom stereocenters. The van der Waals surface area contributed by atoms with E-state index in [1.165, 1.54) is 5.57 Å². The van der Waals surface area contributed by atoms with E-state index < -0.39 is 12.1 Å². The van der Waals surface area contributed by atoms with E-state index >= 15 is 0 Å². The minimum Gasteiger partial charge on any atom is -0.493 e. The number of fused-ring (bicyclic) bond motifs is 3. The van der Waals surface area contributed by atoms with Crippen LogP contribution in [0.25, 0.3) is 10.9 Å². The van der Waals surface area contributed by atoms with Gasteiger partial charge in [0, 0.05) is 51.7 Å². The van der Waals surface area contributed by atoms with Gasteiger partial charge in [-0.2, -0.15) is 0 Å². The predicted molar refractivity (Wildman–Crippen MR) is 198 cm³/mol. The molecule has 1 aliphatic heterocycles. The lowest BCUT2D eigenvalue weighted by molar-refractivity contribution is -0.118. The Morgan fingerprint density at radius 1 is 1.00 bits per heavy atom. The van der Waals surface area contributed by atoms with Crippen LogP contribution in [-0.2, 0) is 16.0 Å². The number of halogens is 2. The quantitative estimate of drug-likeness (QED) is 0.162. The van der Waals surface area contributed by atoms with Crippen molar-refractivity contribution in [1.82, 2.24) is 15.2 Å². The van der Waals surface area contributed by atoms with Crippen molar-refractivity contribution in [2.24, 2.45) is 0 Å². The van der Waals surface area contributed by atoms with E-state index in [1.54, 1.807) is 29.2 Å². The minimum absolute atomic E-state index is 0.00426. The fourth-order valence-corrected chi connectivity index (χ4v) is 6.62. The number of amides is 2. The molecule has 50 heavy (non-hydrogen) atoms. The SMILES string of the molecule is CC1=CC=CC(C(=O)NCC(CCOc2ccc(C3c4[nH]c5ccc(Cl)cc5c4CCN3C(=O)Oc3ccc(Cl)cc3)cc2)OC(C)C)=CC1. The highest BCUT2D eigenvalue weighted by Gasteiger charge is 2.36. The molecule has 260 valence electrons. The number of hydrogen-bond donors (Lipinski definition) is 2. The molecule has 2 N–H and O–H groups in total. The van der Waals surface area contributed by atoms with Crippen molar-refractivity contribution in [3.8, 4) is 11.5 Å². The third-order valence-electron chi connectivity index (χ3n) is 8.76. The first-order valence-corrected chi connectivity index (χ1v) is 17.6. The molecule has 1 aromatic heterocycles. The topological polar surface area (TPSA) is 92.9 Å². The summed E-state index contributed by atoms with van der Waals surface area (Å²) in [5.74, 6) is 0.988. The Morgan fingerprint density at radius 3 is 2.50 bits per heavy atom. The molecule has 4 aromatic rings. The second-order valence-electron chi connectivity index (χ2n) is 12.8. The zero-order chi connectivity index (χ0) is 35.2. The summed E-state index contributed by atoms with van der Waals surface area (Å²) in [6.45, 7) is 7.23. The lowest BCUT2D eigenvalue weighted by Gasteiger charge is -2.35. The summed E-state index contributed by atoms with van der Waals surface area (Å²) < 4.78 is 18.0. The Morgan fingerprint density at radius 2 is 1.74 bits per heavy atom. The van der Waals surface area contributed by atoms with Gasteiger partial charge in [0.05, 0.1) is 18.8 Å². The number of allylic oxidation sites excluding steroid dienone is 4. The first-order chi connectivity index (χ1) is 24.1. The van der Waals surface area contributed by atoms with Gasteiger partial charge in [-0.05, 0) is 105 Å². The molecule has 2 aliphatic rings. The van der Waals surface area contributed by atoms with E-state index in [4.69, 9.17) is 37.4 Å². The molecular weight excluding hydrogens is 673 g/mol. The number of hydrogen-bond acceptors (Lipinski definition) is 5. The van der Waals surface area contributed by atoms with E-state index in [0.29, 0.717) is 59.7 Å². The van der Waals surface area contributed by atoms with Crippen LogP contribution in [0.15, 0.2) is 102 Å². The molecule has 3 aromatic carbocycles. The van der Waals surface area contributed by atoms with E-state index in [-0.39, 0.29) is 18.1 Å². The molecule has 0 spiro atoms. The van der Waals surface area contributed by atoms with Crippen molar-refractivity contribution in [2.45, 2.75) is 58.3 Å². The summed E-state index contributed by atoms with van der Waals surface area (Å²) in [5, 5.41) is 5.29. The van der Waals surface area contributed by atoms with Gasteiger partial charge in [-0.1, -0.05) is 59.1 Å². The molecule has 8 nitrogen and oxygen atoms in total. The molecule has 0 saturated carbocycles. The Labute approximate surface area is 302 Å². The van der Waals surface area contributed by atoms with Gasteiger partial charge in [0.25, 0.3) is 5.91 Å². The van der Waals surface area contributed by atoms with Gasteiger partial charge in [-0.25, -0.2) is 4.79 Å². The van der Waals surface area contributed by atoms with E-state index in [0.717, 1.165) is 34.1 Å². The van der Waals surface area contributed by atoms with Gasteiger partial charge in [0.15, 0.2) is 0 Å². The highest BCUT2D eigenvalue weighted by Crippen LogP contribution is 2.40. The predicted octanol–water partition coefficient (Wildman–Crippen LogP) is 9.13. The lowest BCUT2D eigenvalue weighted by Crippen LogP contribution is -2.42. The molecule has 2 heterocycles. The molecular formula is C40H41Cl2N3O5. The average Bonchev–Trinajstić information content (AvgIpc) is 3.32. The number of ether oxygens (including phenoxy) is 3. The number of rotatable bonds is 11. The van der Waals surface area contributed by atoms with Crippen molar-refractivity contribution in [3.63, 3.8) is 0 Å². The van der Waals surface area contributed by atoms with Crippen LogP contribution in [0.5, 0.6) is 11.5 Å². The number of carbonyl (C=O) groups is 2. The average molecular weight is 715 g/mol. The fourth-order valence-electron chi connectivity index (χ4n) is 6.32. The van der Waals surface area contributed by atoms with E-state index in [1.807, 2.05) is 87.5 Å². The van der Waals surface area contributed by atoms with Crippen LogP contribution in [-0.4, -0.2) is 53.8 Å². The second-order valence-corrected chi connectivity index (χ2v) is 13.7. The summed E-state index contributed by atoms with van der Waals surface area (Å²) in [4.78, 5) is 31.8. The molecule has 0 saturated heterocycles. The van der Waals surface area contributed by atoms with E-state index in [2.05, 4.69) is 10.3 Å². The molecule has 2 atom stereocenters. The summed E-state index contributed by atoms with van der Waals surface area (Å²) in [6, 6.07) is 19.9. The van der Waals surface area contributed by atoms with Crippen LogP contribution in [0.1, 0.15) is 56.5 Å². The van der Waals surface area contributed by atoms with Crippen molar-refractivity contribution in [2.75, 3.05) is 19.7 Å². The van der Waals surface area contributed by atoms with Crippen LogP contribution < -0.4 is 14.8 Å². The van der Waals surface area contributed by atoms with Crippen molar-refractivity contribution < 1.29 is 23.8 Å². The van der Waals surface area contributed by atoms with Gasteiger partial charge >= 0.3 is 6.09 Å². The van der Waals surface area contributed by atoms with Crippen LogP contribution in [0, 0.1) is 0 Å². The van der Waals surface area contributed by atoms with Crippen molar-refractivity contribution >= 4 is 46.1 Å². The highest BCUT2D eigenvalue weighted by molar-refractivity contribution is 6.31. The molecule has 1 aliphatic carbocycles. The maximum Gasteiger partial charge on any atom is 0.416 e. The zero-order valence-electron chi connectivity index (χ0n) is 28.4. The van der Waals surface area contributed by atoms with Gasteiger partial charge < -0.3 is 24.5 Å². The Kier molecular flexibility index (Phi) is 11.3. The standard InChI is InChI=1S/C40H41Cl2N3O5/c1-25(2)49-33(24-43-39(46)28-6-4-5-26(3)7-8-28)20-22-48-31-14-9-27(10-15-31)38-37-34(35-23-30(42)13-18-36(35)44-37)19-21-45(38)40(47)50-32-16-11-29(41)12-17-32/h4-6,8-18,23,25,33,38,44H,7,19-22,24H2,1-3H3,(H,43,46). The lowest BCUT2D eigenvalue weighted by atomic mass is 9.92. The molecule has 10 heteroatoms. The van der Waals surface area contributed by atoms with Crippen LogP contribution in [0.2, 0.25) is 10.0 Å². The maximum atomic E-state index is 13.6. The number of aromatic amines is 1. The second kappa shape index (κ2) is 16.0. The number of H-pyrrole nitrogens is 1. The van der Waals surface area contributed by atoms with Crippen LogP contribution >= 0.6 is 23.2 Å². The number of nitrogens with one attached hydrogen (secondary N) is 2. The third-order valence-corrected chi connectivity index (χ3v) is 9.25. The van der Waals surface area contributed by atoms with Gasteiger partial charge in [0.1, 0.15) is 17.5 Å². The third kappa shape index (κ3) is 8.62.